The smallest absolute Gasteiger partial charge is 0.143 e. The highest BCUT2D eigenvalue weighted by molar-refractivity contribution is 14.1. The Morgan fingerprint density at radius 1 is 1.53 bits per heavy atom. The van der Waals surface area contributed by atoms with Gasteiger partial charge in [0.1, 0.15) is 11.6 Å². The van der Waals surface area contributed by atoms with Crippen molar-refractivity contribution in [2.45, 2.75) is 44.3 Å². The monoisotopic (exact) mass is 345 g/mol. The quantitative estimate of drug-likeness (QED) is 0.856. The van der Waals surface area contributed by atoms with Crippen LogP contribution < -0.4 is 5.32 Å². The Morgan fingerprint density at radius 2 is 2.41 bits per heavy atom. The van der Waals surface area contributed by atoms with Crippen molar-refractivity contribution in [3.8, 4) is 0 Å². The van der Waals surface area contributed by atoms with Gasteiger partial charge in [-0.3, -0.25) is 0 Å². The number of rotatable bonds is 3. The summed E-state index contributed by atoms with van der Waals surface area (Å²) in [6.07, 6.45) is 6.20. The molecule has 17 heavy (non-hydrogen) atoms. The standard InChI is InChI=1S/C12H16IN3O/c1-2-14-12-9(13)6-15-11(16-12)8-5-7-3-4-10(8)17-7/h6-8,10H,2-5H2,1H3,(H,14,15,16). The second-order valence-corrected chi connectivity index (χ2v) is 5.83. The van der Waals surface area contributed by atoms with Gasteiger partial charge in [-0.2, -0.15) is 0 Å². The first-order chi connectivity index (χ1) is 8.28. The summed E-state index contributed by atoms with van der Waals surface area (Å²) in [4.78, 5) is 9.14. The van der Waals surface area contributed by atoms with E-state index in [1.807, 2.05) is 6.20 Å². The normalized spacial score (nSPS) is 30.8. The van der Waals surface area contributed by atoms with E-state index in [1.54, 1.807) is 0 Å². The molecule has 2 fully saturated rings. The summed E-state index contributed by atoms with van der Waals surface area (Å²) in [7, 11) is 0. The van der Waals surface area contributed by atoms with Gasteiger partial charge in [-0.05, 0) is 48.8 Å². The van der Waals surface area contributed by atoms with Crippen LogP contribution in [-0.4, -0.2) is 28.7 Å². The highest BCUT2D eigenvalue weighted by atomic mass is 127. The first kappa shape index (κ1) is 11.6. The summed E-state index contributed by atoms with van der Waals surface area (Å²) in [5.74, 6) is 2.32. The Morgan fingerprint density at radius 3 is 3.06 bits per heavy atom. The fourth-order valence-corrected chi connectivity index (χ4v) is 3.21. The lowest BCUT2D eigenvalue weighted by molar-refractivity contribution is 0.0999. The molecular formula is C12H16IN3O. The number of fused-ring (bicyclic) bond motifs is 2. The molecule has 0 spiro atoms. The molecule has 2 aliphatic heterocycles. The second-order valence-electron chi connectivity index (χ2n) is 4.67. The summed E-state index contributed by atoms with van der Waals surface area (Å²) < 4.78 is 6.95. The minimum Gasteiger partial charge on any atom is -0.374 e. The van der Waals surface area contributed by atoms with Crippen LogP contribution in [0.4, 0.5) is 5.82 Å². The Kier molecular flexibility index (Phi) is 3.21. The minimum absolute atomic E-state index is 0.356. The zero-order valence-electron chi connectivity index (χ0n) is 9.82. The lowest BCUT2D eigenvalue weighted by Crippen LogP contribution is -2.18. The molecule has 1 aromatic rings. The second kappa shape index (κ2) is 4.68. The molecule has 92 valence electrons. The molecule has 5 heteroatoms. The largest absolute Gasteiger partial charge is 0.374 e. The molecule has 0 aromatic carbocycles. The van der Waals surface area contributed by atoms with Crippen LogP contribution in [-0.2, 0) is 4.74 Å². The van der Waals surface area contributed by atoms with E-state index in [1.165, 1.54) is 12.8 Å². The predicted molar refractivity (Wildman–Crippen MR) is 74.2 cm³/mol. The van der Waals surface area contributed by atoms with E-state index in [-0.39, 0.29) is 0 Å². The summed E-state index contributed by atoms with van der Waals surface area (Å²) >= 11 is 2.27. The van der Waals surface area contributed by atoms with Crippen LogP contribution in [0.1, 0.15) is 37.9 Å². The average Bonchev–Trinajstić information content (AvgIpc) is 2.94. The van der Waals surface area contributed by atoms with E-state index in [4.69, 9.17) is 4.74 Å². The number of anilines is 1. The van der Waals surface area contributed by atoms with Gasteiger partial charge in [0, 0.05) is 18.7 Å². The number of aromatic nitrogens is 2. The first-order valence-corrected chi connectivity index (χ1v) is 7.27. The maximum atomic E-state index is 5.87. The number of hydrogen-bond donors (Lipinski definition) is 1. The maximum absolute atomic E-state index is 5.87. The molecular weight excluding hydrogens is 329 g/mol. The Bertz CT molecular complexity index is 426. The third-order valence-electron chi connectivity index (χ3n) is 3.54. The lowest BCUT2D eigenvalue weighted by Gasteiger charge is -2.18. The van der Waals surface area contributed by atoms with Crippen LogP contribution in [0.2, 0.25) is 0 Å². The van der Waals surface area contributed by atoms with E-state index in [2.05, 4.69) is 44.8 Å². The summed E-state index contributed by atoms with van der Waals surface area (Å²) in [6.45, 7) is 2.97. The van der Waals surface area contributed by atoms with E-state index in [0.717, 1.165) is 28.2 Å². The van der Waals surface area contributed by atoms with E-state index in [0.29, 0.717) is 18.1 Å². The third kappa shape index (κ3) is 2.14. The Hall–Kier alpha value is -0.430. The van der Waals surface area contributed by atoms with Crippen molar-refractivity contribution in [2.75, 3.05) is 11.9 Å². The van der Waals surface area contributed by atoms with Crippen molar-refractivity contribution in [3.05, 3.63) is 15.6 Å². The zero-order valence-corrected chi connectivity index (χ0v) is 12.0. The van der Waals surface area contributed by atoms with Crippen molar-refractivity contribution >= 4 is 28.4 Å². The SMILES string of the molecule is CCNc1nc(C2CC3CCC2O3)ncc1I. The van der Waals surface area contributed by atoms with E-state index in [9.17, 15) is 0 Å². The van der Waals surface area contributed by atoms with Gasteiger partial charge in [-0.1, -0.05) is 0 Å². The molecule has 0 saturated carbocycles. The molecule has 2 bridgehead atoms. The van der Waals surface area contributed by atoms with Gasteiger partial charge in [0.2, 0.25) is 0 Å². The molecule has 2 saturated heterocycles. The van der Waals surface area contributed by atoms with Crippen LogP contribution in [0, 0.1) is 3.57 Å². The van der Waals surface area contributed by atoms with Crippen molar-refractivity contribution in [1.29, 1.82) is 0 Å². The Labute approximate surface area is 115 Å². The molecule has 0 aliphatic carbocycles. The number of nitrogens with one attached hydrogen (secondary N) is 1. The minimum atomic E-state index is 0.356. The average molecular weight is 345 g/mol. The molecule has 0 amide bonds. The molecule has 3 atom stereocenters. The summed E-state index contributed by atoms with van der Waals surface area (Å²) in [5.41, 5.74) is 0. The van der Waals surface area contributed by atoms with Crippen LogP contribution >= 0.6 is 22.6 Å². The van der Waals surface area contributed by atoms with Gasteiger partial charge >= 0.3 is 0 Å². The van der Waals surface area contributed by atoms with Crippen molar-refractivity contribution in [1.82, 2.24) is 9.97 Å². The van der Waals surface area contributed by atoms with Gasteiger partial charge in [0.25, 0.3) is 0 Å². The summed E-state index contributed by atoms with van der Waals surface area (Å²) in [6, 6.07) is 0. The van der Waals surface area contributed by atoms with Crippen LogP contribution in [0.15, 0.2) is 6.20 Å². The molecule has 3 heterocycles. The van der Waals surface area contributed by atoms with Crippen molar-refractivity contribution in [2.24, 2.45) is 0 Å². The lowest BCUT2D eigenvalue weighted by atomic mass is 9.88. The predicted octanol–water partition coefficient (Wildman–Crippen LogP) is 2.55. The van der Waals surface area contributed by atoms with Gasteiger partial charge in [0.05, 0.1) is 15.8 Å². The zero-order chi connectivity index (χ0) is 11.8. The van der Waals surface area contributed by atoms with Crippen LogP contribution in [0.3, 0.4) is 0 Å². The molecule has 1 aromatic heterocycles. The molecule has 3 rings (SSSR count). The van der Waals surface area contributed by atoms with Gasteiger partial charge < -0.3 is 10.1 Å². The first-order valence-electron chi connectivity index (χ1n) is 6.19. The third-order valence-corrected chi connectivity index (χ3v) is 4.33. The number of halogens is 1. The van der Waals surface area contributed by atoms with E-state index >= 15 is 0 Å². The molecule has 4 nitrogen and oxygen atoms in total. The molecule has 0 radical (unpaired) electrons. The van der Waals surface area contributed by atoms with E-state index < -0.39 is 0 Å². The van der Waals surface area contributed by atoms with Crippen LogP contribution in [0.25, 0.3) is 0 Å². The highest BCUT2D eigenvalue weighted by Gasteiger charge is 2.42. The van der Waals surface area contributed by atoms with Gasteiger partial charge in [0.15, 0.2) is 0 Å². The van der Waals surface area contributed by atoms with Crippen molar-refractivity contribution in [3.63, 3.8) is 0 Å². The number of ether oxygens (including phenoxy) is 1. The fraction of sp³-hybridized carbons (Fsp3) is 0.667. The molecule has 2 aliphatic rings. The highest BCUT2D eigenvalue weighted by Crippen LogP contribution is 2.43. The van der Waals surface area contributed by atoms with Gasteiger partial charge in [-0.25, -0.2) is 9.97 Å². The molecule has 1 N–H and O–H groups in total. The Balaban J connectivity index is 1.85. The van der Waals surface area contributed by atoms with Gasteiger partial charge in [-0.15, -0.1) is 0 Å². The molecule has 3 unspecified atom stereocenters. The number of hydrogen-bond acceptors (Lipinski definition) is 4. The topological polar surface area (TPSA) is 47.0 Å². The summed E-state index contributed by atoms with van der Waals surface area (Å²) in [5, 5.41) is 3.28. The fourth-order valence-electron chi connectivity index (χ4n) is 2.76. The number of nitrogens with zero attached hydrogens (tertiary/aromatic N) is 2. The maximum Gasteiger partial charge on any atom is 0.143 e. The van der Waals surface area contributed by atoms with Crippen molar-refractivity contribution < 1.29 is 4.74 Å². The van der Waals surface area contributed by atoms with Crippen LogP contribution in [0.5, 0.6) is 0 Å².